The summed E-state index contributed by atoms with van der Waals surface area (Å²) in [6.45, 7) is 13.5. The van der Waals surface area contributed by atoms with Crippen LogP contribution in [0.25, 0.3) is 6.08 Å². The van der Waals surface area contributed by atoms with Crippen LogP contribution in [0.3, 0.4) is 0 Å². The minimum Gasteiger partial charge on any atom is -0.493 e. The molecule has 0 aliphatic rings. The van der Waals surface area contributed by atoms with E-state index in [4.69, 9.17) is 9.47 Å². The lowest BCUT2D eigenvalue weighted by atomic mass is 9.96. The van der Waals surface area contributed by atoms with Crippen molar-refractivity contribution in [1.29, 1.82) is 0 Å². The van der Waals surface area contributed by atoms with Crippen molar-refractivity contribution >= 4 is 6.08 Å². The normalized spacial score (nSPS) is 11.6. The summed E-state index contributed by atoms with van der Waals surface area (Å²) in [7, 11) is 0. The van der Waals surface area contributed by atoms with Gasteiger partial charge in [-0.2, -0.15) is 0 Å². The molecule has 2 nitrogen and oxygen atoms in total. The largest absolute Gasteiger partial charge is 0.493 e. The first-order valence-electron chi connectivity index (χ1n) is 6.40. The van der Waals surface area contributed by atoms with Crippen molar-refractivity contribution < 1.29 is 9.47 Å². The molecule has 0 unspecified atom stereocenters. The Labute approximate surface area is 111 Å². The van der Waals surface area contributed by atoms with Crippen LogP contribution < -0.4 is 4.74 Å². The number of rotatable bonds is 7. The molecule has 0 heterocycles. The van der Waals surface area contributed by atoms with Gasteiger partial charge in [0, 0.05) is 5.41 Å². The maximum atomic E-state index is 5.79. The van der Waals surface area contributed by atoms with Gasteiger partial charge in [0.2, 0.25) is 0 Å². The van der Waals surface area contributed by atoms with Crippen molar-refractivity contribution in [3.63, 3.8) is 0 Å². The molecule has 0 saturated carbocycles. The van der Waals surface area contributed by atoms with Crippen LogP contribution >= 0.6 is 0 Å². The van der Waals surface area contributed by atoms with Crippen molar-refractivity contribution in [1.82, 2.24) is 0 Å². The fourth-order valence-electron chi connectivity index (χ4n) is 1.41. The standard InChI is InChI=1S/C16H24O2/c1-6-14-7-9-15(10-8-14)18-12-16(4,5)11-17-13(2)3/h6-10,13H,1,11-12H2,2-5H3. The van der Waals surface area contributed by atoms with Gasteiger partial charge in [0.05, 0.1) is 19.3 Å². The Balaban J connectivity index is 2.45. The van der Waals surface area contributed by atoms with E-state index < -0.39 is 0 Å². The molecule has 1 aromatic rings. The van der Waals surface area contributed by atoms with E-state index >= 15 is 0 Å². The lowest BCUT2D eigenvalue weighted by molar-refractivity contribution is 0.00238. The highest BCUT2D eigenvalue weighted by Crippen LogP contribution is 2.20. The van der Waals surface area contributed by atoms with Gasteiger partial charge in [0.25, 0.3) is 0 Å². The molecule has 0 aliphatic heterocycles. The molecule has 2 heteroatoms. The number of hydrogen-bond donors (Lipinski definition) is 0. The maximum absolute atomic E-state index is 5.79. The van der Waals surface area contributed by atoms with Crippen LogP contribution in [0, 0.1) is 5.41 Å². The van der Waals surface area contributed by atoms with Crippen LogP contribution in [-0.2, 0) is 4.74 Å². The Bertz CT molecular complexity index is 363. The van der Waals surface area contributed by atoms with Gasteiger partial charge in [0.15, 0.2) is 0 Å². The highest BCUT2D eigenvalue weighted by atomic mass is 16.5. The second-order valence-electron chi connectivity index (χ2n) is 5.59. The molecule has 0 aliphatic carbocycles. The Morgan fingerprint density at radius 2 is 1.78 bits per heavy atom. The number of benzene rings is 1. The van der Waals surface area contributed by atoms with Crippen LogP contribution in [0.15, 0.2) is 30.8 Å². The van der Waals surface area contributed by atoms with Crippen molar-refractivity contribution in [2.24, 2.45) is 5.41 Å². The molecule has 100 valence electrons. The molecule has 0 fully saturated rings. The van der Waals surface area contributed by atoms with Gasteiger partial charge < -0.3 is 9.47 Å². The van der Waals surface area contributed by atoms with Crippen LogP contribution in [0.5, 0.6) is 5.75 Å². The summed E-state index contributed by atoms with van der Waals surface area (Å²) in [5, 5.41) is 0. The van der Waals surface area contributed by atoms with Gasteiger partial charge in [-0.15, -0.1) is 0 Å². The average molecular weight is 248 g/mol. The molecule has 0 saturated heterocycles. The fourth-order valence-corrected chi connectivity index (χ4v) is 1.41. The maximum Gasteiger partial charge on any atom is 0.119 e. The smallest absolute Gasteiger partial charge is 0.119 e. The number of ether oxygens (including phenoxy) is 2. The van der Waals surface area contributed by atoms with Gasteiger partial charge in [-0.3, -0.25) is 0 Å². The summed E-state index contributed by atoms with van der Waals surface area (Å²) in [6, 6.07) is 7.94. The highest BCUT2D eigenvalue weighted by Gasteiger charge is 2.20. The zero-order valence-corrected chi connectivity index (χ0v) is 11.9. The lowest BCUT2D eigenvalue weighted by Gasteiger charge is -2.25. The SMILES string of the molecule is C=Cc1ccc(OCC(C)(C)COC(C)C)cc1. The molecule has 1 rings (SSSR count). The first-order valence-corrected chi connectivity index (χ1v) is 6.40. The fraction of sp³-hybridized carbons (Fsp3) is 0.500. The average Bonchev–Trinajstić information content (AvgIpc) is 2.35. The first-order chi connectivity index (χ1) is 8.43. The third kappa shape index (κ3) is 5.37. The Morgan fingerprint density at radius 3 is 2.28 bits per heavy atom. The van der Waals surface area contributed by atoms with E-state index in [-0.39, 0.29) is 11.5 Å². The lowest BCUT2D eigenvalue weighted by Crippen LogP contribution is -2.28. The third-order valence-electron chi connectivity index (χ3n) is 2.55. The predicted molar refractivity (Wildman–Crippen MR) is 76.9 cm³/mol. The van der Waals surface area contributed by atoms with Crippen molar-refractivity contribution in [3.8, 4) is 5.75 Å². The second-order valence-corrected chi connectivity index (χ2v) is 5.59. The summed E-state index contributed by atoms with van der Waals surface area (Å²) in [4.78, 5) is 0. The summed E-state index contributed by atoms with van der Waals surface area (Å²) in [5.41, 5.74) is 1.12. The zero-order chi connectivity index (χ0) is 13.6. The summed E-state index contributed by atoms with van der Waals surface area (Å²) >= 11 is 0. The summed E-state index contributed by atoms with van der Waals surface area (Å²) in [5.74, 6) is 0.887. The third-order valence-corrected chi connectivity index (χ3v) is 2.55. The predicted octanol–water partition coefficient (Wildman–Crippen LogP) is 4.16. The van der Waals surface area contributed by atoms with Crippen LogP contribution in [-0.4, -0.2) is 19.3 Å². The van der Waals surface area contributed by atoms with E-state index in [2.05, 4.69) is 20.4 Å². The Hall–Kier alpha value is -1.28. The van der Waals surface area contributed by atoms with Crippen LogP contribution in [0.1, 0.15) is 33.3 Å². The molecule has 0 spiro atoms. The highest BCUT2D eigenvalue weighted by molar-refractivity contribution is 5.48. The molecule has 0 radical (unpaired) electrons. The van der Waals surface area contributed by atoms with E-state index in [1.165, 1.54) is 0 Å². The molecule has 0 bridgehead atoms. The quantitative estimate of drug-likeness (QED) is 0.721. The first kappa shape index (κ1) is 14.8. The minimum atomic E-state index is 0.0153. The molecule has 18 heavy (non-hydrogen) atoms. The van der Waals surface area contributed by atoms with Gasteiger partial charge in [-0.25, -0.2) is 0 Å². The van der Waals surface area contributed by atoms with Crippen molar-refractivity contribution in [2.75, 3.05) is 13.2 Å². The van der Waals surface area contributed by atoms with Gasteiger partial charge in [-0.1, -0.05) is 38.6 Å². The monoisotopic (exact) mass is 248 g/mol. The topological polar surface area (TPSA) is 18.5 Å². The minimum absolute atomic E-state index is 0.0153. The van der Waals surface area contributed by atoms with Gasteiger partial charge in [0.1, 0.15) is 5.75 Å². The van der Waals surface area contributed by atoms with Crippen LogP contribution in [0.2, 0.25) is 0 Å². The number of hydrogen-bond acceptors (Lipinski definition) is 2. The molecular weight excluding hydrogens is 224 g/mol. The second kappa shape index (κ2) is 6.60. The van der Waals surface area contributed by atoms with E-state index in [1.54, 1.807) is 0 Å². The van der Waals surface area contributed by atoms with E-state index in [1.807, 2.05) is 44.2 Å². The summed E-state index contributed by atoms with van der Waals surface area (Å²) in [6.07, 6.45) is 2.08. The zero-order valence-electron chi connectivity index (χ0n) is 11.9. The van der Waals surface area contributed by atoms with E-state index in [9.17, 15) is 0 Å². The summed E-state index contributed by atoms with van der Waals surface area (Å²) < 4.78 is 11.4. The van der Waals surface area contributed by atoms with Crippen LogP contribution in [0.4, 0.5) is 0 Å². The molecule has 0 atom stereocenters. The van der Waals surface area contributed by atoms with Gasteiger partial charge in [-0.05, 0) is 31.5 Å². The molecule has 1 aromatic carbocycles. The van der Waals surface area contributed by atoms with E-state index in [0.29, 0.717) is 13.2 Å². The Kier molecular flexibility index (Phi) is 5.42. The Morgan fingerprint density at radius 1 is 1.17 bits per heavy atom. The van der Waals surface area contributed by atoms with E-state index in [0.717, 1.165) is 11.3 Å². The molecule has 0 N–H and O–H groups in total. The molecule has 0 amide bonds. The molecular formula is C16H24O2. The van der Waals surface area contributed by atoms with Gasteiger partial charge >= 0.3 is 0 Å². The molecule has 0 aromatic heterocycles. The van der Waals surface area contributed by atoms with Crippen molar-refractivity contribution in [3.05, 3.63) is 36.4 Å². The van der Waals surface area contributed by atoms with Crippen molar-refractivity contribution in [2.45, 2.75) is 33.8 Å².